The van der Waals surface area contributed by atoms with Gasteiger partial charge in [-0.1, -0.05) is 6.07 Å². The molecule has 0 radical (unpaired) electrons. The Morgan fingerprint density at radius 1 is 1.16 bits per heavy atom. The second kappa shape index (κ2) is 5.58. The molecule has 4 rings (SSSR count). The second-order valence-electron chi connectivity index (χ2n) is 6.04. The van der Waals surface area contributed by atoms with Crippen LogP contribution in [-0.4, -0.2) is 44.4 Å². The Bertz CT molecular complexity index is 944. The van der Waals surface area contributed by atoms with Crippen LogP contribution in [0.15, 0.2) is 42.9 Å². The van der Waals surface area contributed by atoms with Gasteiger partial charge in [-0.25, -0.2) is 18.2 Å². The Morgan fingerprint density at radius 3 is 2.64 bits per heavy atom. The van der Waals surface area contributed by atoms with E-state index in [0.29, 0.717) is 16.7 Å². The normalized spacial score (nSPS) is 16.0. The molecule has 2 aromatic heterocycles. The predicted molar refractivity (Wildman–Crippen MR) is 84.4 cm³/mol. The topological polar surface area (TPSA) is 51.0 Å². The van der Waals surface area contributed by atoms with Gasteiger partial charge >= 0.3 is 0 Å². The van der Waals surface area contributed by atoms with Crippen molar-refractivity contribution in [2.75, 3.05) is 13.1 Å². The molecule has 8 heteroatoms. The number of halogens is 3. The zero-order valence-electron chi connectivity index (χ0n) is 13.0. The van der Waals surface area contributed by atoms with E-state index in [0.717, 1.165) is 16.7 Å². The molecule has 128 valence electrons. The van der Waals surface area contributed by atoms with Crippen molar-refractivity contribution in [3.05, 3.63) is 48.7 Å². The van der Waals surface area contributed by atoms with Crippen LogP contribution in [0.25, 0.3) is 22.3 Å². The van der Waals surface area contributed by atoms with Crippen LogP contribution in [-0.2, 0) is 11.3 Å². The molecular weight excluding hydrogens is 333 g/mol. The van der Waals surface area contributed by atoms with Crippen LogP contribution in [0.4, 0.5) is 13.2 Å². The molecule has 5 nitrogen and oxygen atoms in total. The molecule has 0 unspecified atom stereocenters. The number of carbonyl (C=O) groups excluding carboxylic acids is 1. The van der Waals surface area contributed by atoms with Crippen molar-refractivity contribution in [3.8, 4) is 11.3 Å². The average molecular weight is 346 g/mol. The molecule has 3 aromatic rings. The van der Waals surface area contributed by atoms with E-state index in [1.807, 2.05) is 0 Å². The molecule has 1 aliphatic heterocycles. The van der Waals surface area contributed by atoms with E-state index in [9.17, 15) is 18.0 Å². The molecule has 0 spiro atoms. The summed E-state index contributed by atoms with van der Waals surface area (Å²) in [4.78, 5) is 21.4. The van der Waals surface area contributed by atoms with Crippen molar-refractivity contribution >= 4 is 16.9 Å². The summed E-state index contributed by atoms with van der Waals surface area (Å²) < 4.78 is 40.3. The van der Waals surface area contributed by atoms with Crippen molar-refractivity contribution in [2.45, 2.75) is 12.5 Å². The lowest BCUT2D eigenvalue weighted by Crippen LogP contribution is -2.59. The van der Waals surface area contributed by atoms with Gasteiger partial charge in [-0.15, -0.1) is 0 Å². The third-order valence-corrected chi connectivity index (χ3v) is 4.15. The number of alkyl halides is 2. The maximum Gasteiger partial charge on any atom is 0.282 e. The van der Waals surface area contributed by atoms with E-state index in [2.05, 4.69) is 9.97 Å². The first-order valence-corrected chi connectivity index (χ1v) is 7.64. The molecule has 0 saturated carbocycles. The third kappa shape index (κ3) is 2.95. The van der Waals surface area contributed by atoms with Gasteiger partial charge in [0.1, 0.15) is 12.4 Å². The predicted octanol–water partition coefficient (Wildman–Crippen LogP) is 2.71. The minimum atomic E-state index is -2.77. The van der Waals surface area contributed by atoms with Crippen LogP contribution in [0.2, 0.25) is 0 Å². The molecule has 0 aliphatic carbocycles. The quantitative estimate of drug-likeness (QED) is 0.733. The number of rotatable bonds is 3. The summed E-state index contributed by atoms with van der Waals surface area (Å²) in [6.07, 6.45) is 2.64. The number of amides is 1. The van der Waals surface area contributed by atoms with E-state index in [4.69, 9.17) is 0 Å². The van der Waals surface area contributed by atoms with Gasteiger partial charge in [-0.3, -0.25) is 9.78 Å². The van der Waals surface area contributed by atoms with Gasteiger partial charge in [0.25, 0.3) is 5.92 Å². The highest BCUT2D eigenvalue weighted by molar-refractivity contribution is 5.84. The van der Waals surface area contributed by atoms with Crippen LogP contribution in [0.3, 0.4) is 0 Å². The molecular formula is C17H13F3N4O. The lowest BCUT2D eigenvalue weighted by molar-refractivity contribution is -0.166. The highest BCUT2D eigenvalue weighted by atomic mass is 19.3. The van der Waals surface area contributed by atoms with Gasteiger partial charge in [0.2, 0.25) is 5.91 Å². The molecule has 0 N–H and O–H groups in total. The average Bonchev–Trinajstić information content (AvgIpc) is 2.95. The zero-order chi connectivity index (χ0) is 17.6. The fraction of sp³-hybridized carbons (Fsp3) is 0.235. The number of hydrogen-bond donors (Lipinski definition) is 0. The van der Waals surface area contributed by atoms with E-state index in [1.165, 1.54) is 12.4 Å². The summed E-state index contributed by atoms with van der Waals surface area (Å²) >= 11 is 0. The van der Waals surface area contributed by atoms with Gasteiger partial charge in [0.15, 0.2) is 0 Å². The largest absolute Gasteiger partial charge is 0.329 e. The number of carbonyl (C=O) groups is 1. The van der Waals surface area contributed by atoms with E-state index in [-0.39, 0.29) is 12.5 Å². The molecule has 0 atom stereocenters. The highest BCUT2D eigenvalue weighted by Gasteiger charge is 2.46. The first-order valence-electron chi connectivity index (χ1n) is 7.64. The lowest BCUT2D eigenvalue weighted by Gasteiger charge is -2.38. The maximum atomic E-state index is 13.0. The van der Waals surface area contributed by atoms with Crippen molar-refractivity contribution in [2.24, 2.45) is 0 Å². The Balaban J connectivity index is 1.56. The molecule has 1 fully saturated rings. The summed E-state index contributed by atoms with van der Waals surface area (Å²) in [7, 11) is 0. The van der Waals surface area contributed by atoms with Crippen LogP contribution in [0.1, 0.15) is 0 Å². The fourth-order valence-corrected chi connectivity index (χ4v) is 2.83. The molecule has 1 aliphatic rings. The van der Waals surface area contributed by atoms with Gasteiger partial charge in [-0.2, -0.15) is 0 Å². The van der Waals surface area contributed by atoms with Crippen molar-refractivity contribution < 1.29 is 18.0 Å². The van der Waals surface area contributed by atoms with Crippen LogP contribution in [0, 0.1) is 5.82 Å². The van der Waals surface area contributed by atoms with E-state index >= 15 is 0 Å². The third-order valence-electron chi connectivity index (χ3n) is 4.15. The van der Waals surface area contributed by atoms with Crippen molar-refractivity contribution in [1.29, 1.82) is 0 Å². The number of fused-ring (bicyclic) bond motifs is 1. The molecule has 0 bridgehead atoms. The molecule has 1 aromatic carbocycles. The summed E-state index contributed by atoms with van der Waals surface area (Å²) in [5, 5.41) is 0. The first-order chi connectivity index (χ1) is 11.9. The van der Waals surface area contributed by atoms with Crippen molar-refractivity contribution in [1.82, 2.24) is 19.4 Å². The van der Waals surface area contributed by atoms with Gasteiger partial charge in [0, 0.05) is 5.56 Å². The van der Waals surface area contributed by atoms with Crippen LogP contribution >= 0.6 is 0 Å². The standard InChI is InChI=1S/C17H13F3N4O/c18-12-2-3-13(21-6-12)11-1-4-15-14(5-11)22-10-23(15)7-16(25)24-8-17(19,20)9-24/h1-6,10H,7-9H2. The Morgan fingerprint density at radius 2 is 1.96 bits per heavy atom. The highest BCUT2D eigenvalue weighted by Crippen LogP contribution is 2.27. The Kier molecular flexibility index (Phi) is 3.48. The molecule has 1 saturated heterocycles. The van der Waals surface area contributed by atoms with E-state index < -0.39 is 24.8 Å². The summed E-state index contributed by atoms with van der Waals surface area (Å²) in [6, 6.07) is 8.26. The monoisotopic (exact) mass is 346 g/mol. The lowest BCUT2D eigenvalue weighted by atomic mass is 10.1. The summed E-state index contributed by atoms with van der Waals surface area (Å²) in [5.74, 6) is -3.55. The van der Waals surface area contributed by atoms with Gasteiger partial charge in [0.05, 0.1) is 42.3 Å². The smallest absolute Gasteiger partial charge is 0.282 e. The summed E-state index contributed by atoms with van der Waals surface area (Å²) in [5.41, 5.74) is 2.74. The maximum absolute atomic E-state index is 13.0. The first kappa shape index (κ1) is 15.6. The number of imidazole rings is 1. The Labute approximate surface area is 140 Å². The van der Waals surface area contributed by atoms with Crippen LogP contribution in [0.5, 0.6) is 0 Å². The number of aromatic nitrogens is 3. The summed E-state index contributed by atoms with van der Waals surface area (Å²) in [6.45, 7) is -1.10. The van der Waals surface area contributed by atoms with Gasteiger partial charge < -0.3 is 9.47 Å². The number of pyridine rings is 1. The molecule has 25 heavy (non-hydrogen) atoms. The number of hydrogen-bond acceptors (Lipinski definition) is 3. The zero-order valence-corrected chi connectivity index (χ0v) is 13.0. The van der Waals surface area contributed by atoms with Crippen molar-refractivity contribution in [3.63, 3.8) is 0 Å². The second-order valence-corrected chi connectivity index (χ2v) is 6.04. The van der Waals surface area contributed by atoms with Crippen LogP contribution < -0.4 is 0 Å². The molecule has 3 heterocycles. The number of nitrogens with zero attached hydrogens (tertiary/aromatic N) is 4. The van der Waals surface area contributed by atoms with E-state index in [1.54, 1.807) is 28.8 Å². The Hall–Kier alpha value is -2.90. The minimum absolute atomic E-state index is 0.0409. The van der Waals surface area contributed by atoms with Gasteiger partial charge in [-0.05, 0) is 24.3 Å². The SMILES string of the molecule is O=C(Cn1cnc2cc(-c3ccc(F)cn3)ccc21)N1CC(F)(F)C1. The molecule has 1 amide bonds. The number of likely N-dealkylation sites (tertiary alicyclic amines) is 1. The fourth-order valence-electron chi connectivity index (χ4n) is 2.83. The minimum Gasteiger partial charge on any atom is -0.329 e. The number of benzene rings is 1.